The molecule has 1 saturated heterocycles. The minimum Gasteiger partial charge on any atom is -0.497 e. The van der Waals surface area contributed by atoms with Gasteiger partial charge in [-0.1, -0.05) is 12.1 Å². The van der Waals surface area contributed by atoms with Crippen LogP contribution in [0.25, 0.3) is 5.69 Å². The Kier molecular flexibility index (Phi) is 6.80. The maximum Gasteiger partial charge on any atom is 0.290 e. The summed E-state index contributed by atoms with van der Waals surface area (Å²) in [5.41, 5.74) is 1.94. The highest BCUT2D eigenvalue weighted by molar-refractivity contribution is 5.90. The van der Waals surface area contributed by atoms with E-state index >= 15 is 0 Å². The third-order valence-corrected chi connectivity index (χ3v) is 5.87. The van der Waals surface area contributed by atoms with E-state index in [1.807, 2.05) is 12.1 Å². The minimum absolute atomic E-state index is 0.128. The highest BCUT2D eigenvalue weighted by Crippen LogP contribution is 2.20. The van der Waals surface area contributed by atoms with E-state index in [-0.39, 0.29) is 17.5 Å². The molecule has 0 saturated carbocycles. The number of rotatable bonds is 7. The molecule has 4 rings (SSSR count). The number of nitrogens with one attached hydrogen (secondary N) is 1. The molecule has 1 N–H and O–H groups in total. The van der Waals surface area contributed by atoms with Crippen molar-refractivity contribution in [2.24, 2.45) is 5.92 Å². The zero-order chi connectivity index (χ0) is 22.5. The molecule has 32 heavy (non-hydrogen) atoms. The molecular formula is C24H28FN5O2. The van der Waals surface area contributed by atoms with Crippen LogP contribution in [0.15, 0.2) is 48.5 Å². The lowest BCUT2D eigenvalue weighted by atomic mass is 9.96. The fraction of sp³-hybridized carbons (Fsp3) is 0.375. The standard InChI is InChI=1S/C24H28FN5O2/c1-17-27-23(28-30(17)21-7-5-20(25)6-8-21)24(31)26-15-18-11-13-29(14-12-18)16-19-3-9-22(32-2)10-4-19/h3-10,18H,11-16H2,1-2H3,(H,26,31). The zero-order valence-corrected chi connectivity index (χ0v) is 18.4. The smallest absolute Gasteiger partial charge is 0.290 e. The second-order valence-electron chi connectivity index (χ2n) is 8.15. The van der Waals surface area contributed by atoms with E-state index in [2.05, 4.69) is 32.4 Å². The van der Waals surface area contributed by atoms with E-state index in [0.717, 1.165) is 38.2 Å². The van der Waals surface area contributed by atoms with Crippen molar-refractivity contribution in [2.75, 3.05) is 26.7 Å². The second kappa shape index (κ2) is 9.91. The molecule has 0 unspecified atom stereocenters. The highest BCUT2D eigenvalue weighted by atomic mass is 19.1. The molecule has 0 spiro atoms. The first-order valence-electron chi connectivity index (χ1n) is 10.8. The molecule has 8 heteroatoms. The summed E-state index contributed by atoms with van der Waals surface area (Å²) in [6.45, 7) is 5.31. The number of hydrogen-bond donors (Lipinski definition) is 1. The Morgan fingerprint density at radius 3 is 2.47 bits per heavy atom. The number of nitrogens with zero attached hydrogens (tertiary/aromatic N) is 4. The number of ether oxygens (including phenoxy) is 1. The minimum atomic E-state index is -0.320. The SMILES string of the molecule is COc1ccc(CN2CCC(CNC(=O)c3nc(C)n(-c4ccc(F)cc4)n3)CC2)cc1. The van der Waals surface area contributed by atoms with E-state index < -0.39 is 0 Å². The highest BCUT2D eigenvalue weighted by Gasteiger charge is 2.21. The quantitative estimate of drug-likeness (QED) is 0.614. The van der Waals surface area contributed by atoms with Crippen molar-refractivity contribution >= 4 is 5.91 Å². The van der Waals surface area contributed by atoms with E-state index in [1.165, 1.54) is 17.7 Å². The van der Waals surface area contributed by atoms with Crippen LogP contribution in [-0.2, 0) is 6.54 Å². The molecule has 1 aliphatic rings. The molecule has 0 aliphatic carbocycles. The number of aryl methyl sites for hydroxylation is 1. The van der Waals surface area contributed by atoms with Crippen LogP contribution in [-0.4, -0.2) is 52.3 Å². The first-order chi connectivity index (χ1) is 15.5. The number of piperidine rings is 1. The summed E-state index contributed by atoms with van der Waals surface area (Å²) in [7, 11) is 1.67. The summed E-state index contributed by atoms with van der Waals surface area (Å²) in [6.07, 6.45) is 2.07. The Morgan fingerprint density at radius 2 is 1.81 bits per heavy atom. The van der Waals surface area contributed by atoms with Gasteiger partial charge in [0.1, 0.15) is 17.4 Å². The van der Waals surface area contributed by atoms with Crippen molar-refractivity contribution in [3.8, 4) is 11.4 Å². The number of likely N-dealkylation sites (tertiary alicyclic amines) is 1. The van der Waals surface area contributed by atoms with Crippen LogP contribution in [0, 0.1) is 18.7 Å². The summed E-state index contributed by atoms with van der Waals surface area (Å²) in [5.74, 6) is 1.41. The number of hydrogen-bond acceptors (Lipinski definition) is 5. The van der Waals surface area contributed by atoms with Crippen LogP contribution in [0.5, 0.6) is 5.75 Å². The molecule has 0 atom stereocenters. The van der Waals surface area contributed by atoms with Gasteiger partial charge in [-0.05, 0) is 80.7 Å². The number of aromatic nitrogens is 3. The summed E-state index contributed by atoms with van der Waals surface area (Å²) in [6, 6.07) is 14.1. The van der Waals surface area contributed by atoms with Crippen LogP contribution in [0.1, 0.15) is 34.8 Å². The summed E-state index contributed by atoms with van der Waals surface area (Å²) in [5, 5.41) is 7.28. The fourth-order valence-electron chi connectivity index (χ4n) is 3.97. The average Bonchev–Trinajstić information content (AvgIpc) is 3.21. The predicted molar refractivity (Wildman–Crippen MR) is 119 cm³/mol. The summed E-state index contributed by atoms with van der Waals surface area (Å²) < 4.78 is 19.9. The molecule has 2 heterocycles. The van der Waals surface area contributed by atoms with Crippen molar-refractivity contribution in [1.82, 2.24) is 25.0 Å². The van der Waals surface area contributed by atoms with E-state index in [4.69, 9.17) is 4.74 Å². The Hall–Kier alpha value is -3.26. The maximum absolute atomic E-state index is 13.2. The molecule has 3 aromatic rings. The van der Waals surface area contributed by atoms with Gasteiger partial charge in [0.15, 0.2) is 0 Å². The predicted octanol–water partition coefficient (Wildman–Crippen LogP) is 3.37. The lowest BCUT2D eigenvalue weighted by Gasteiger charge is -2.32. The van der Waals surface area contributed by atoms with Crippen molar-refractivity contribution in [1.29, 1.82) is 0 Å². The Labute approximate surface area is 187 Å². The molecule has 1 aromatic heterocycles. The van der Waals surface area contributed by atoms with Gasteiger partial charge in [-0.3, -0.25) is 9.69 Å². The Bertz CT molecular complexity index is 1040. The first kappa shape index (κ1) is 22.0. The normalized spacial score (nSPS) is 15.0. The van der Waals surface area contributed by atoms with Gasteiger partial charge in [0, 0.05) is 13.1 Å². The van der Waals surface area contributed by atoms with Crippen molar-refractivity contribution in [2.45, 2.75) is 26.3 Å². The van der Waals surface area contributed by atoms with Crippen LogP contribution < -0.4 is 10.1 Å². The third-order valence-electron chi connectivity index (χ3n) is 5.87. The second-order valence-corrected chi connectivity index (χ2v) is 8.15. The topological polar surface area (TPSA) is 72.3 Å². The van der Waals surface area contributed by atoms with Gasteiger partial charge < -0.3 is 10.1 Å². The van der Waals surface area contributed by atoms with Gasteiger partial charge in [0.05, 0.1) is 12.8 Å². The average molecular weight is 438 g/mol. The lowest BCUT2D eigenvalue weighted by molar-refractivity contribution is 0.0925. The molecule has 1 aliphatic heterocycles. The van der Waals surface area contributed by atoms with Gasteiger partial charge in [-0.2, -0.15) is 0 Å². The molecular weight excluding hydrogens is 409 g/mol. The van der Waals surface area contributed by atoms with Crippen LogP contribution in [0.3, 0.4) is 0 Å². The number of carbonyl (C=O) groups is 1. The fourth-order valence-corrected chi connectivity index (χ4v) is 3.97. The maximum atomic E-state index is 13.2. The Balaban J connectivity index is 1.25. The molecule has 1 amide bonds. The Morgan fingerprint density at radius 1 is 1.12 bits per heavy atom. The number of methoxy groups -OCH3 is 1. The zero-order valence-electron chi connectivity index (χ0n) is 18.4. The van der Waals surface area contributed by atoms with Crippen molar-refractivity contribution in [3.63, 3.8) is 0 Å². The number of halogens is 1. The van der Waals surface area contributed by atoms with Crippen molar-refractivity contribution < 1.29 is 13.9 Å². The van der Waals surface area contributed by atoms with Crippen molar-refractivity contribution in [3.05, 3.63) is 71.6 Å². The van der Waals surface area contributed by atoms with Gasteiger partial charge in [0.2, 0.25) is 5.82 Å². The first-order valence-corrected chi connectivity index (χ1v) is 10.8. The largest absolute Gasteiger partial charge is 0.497 e. The summed E-state index contributed by atoms with van der Waals surface area (Å²) in [4.78, 5) is 19.3. The number of carbonyl (C=O) groups excluding carboxylic acids is 1. The number of amides is 1. The summed E-state index contributed by atoms with van der Waals surface area (Å²) >= 11 is 0. The molecule has 0 bridgehead atoms. The molecule has 1 fully saturated rings. The van der Waals surface area contributed by atoms with E-state index in [1.54, 1.807) is 30.8 Å². The monoisotopic (exact) mass is 437 g/mol. The van der Waals surface area contributed by atoms with E-state index in [9.17, 15) is 9.18 Å². The third kappa shape index (κ3) is 5.31. The number of benzene rings is 2. The molecule has 7 nitrogen and oxygen atoms in total. The van der Waals surface area contributed by atoms with E-state index in [0.29, 0.717) is 24.0 Å². The van der Waals surface area contributed by atoms with Crippen LogP contribution in [0.4, 0.5) is 4.39 Å². The molecule has 168 valence electrons. The van der Waals surface area contributed by atoms with Gasteiger partial charge in [-0.25, -0.2) is 14.1 Å². The molecule has 0 radical (unpaired) electrons. The van der Waals surface area contributed by atoms with Gasteiger partial charge in [0.25, 0.3) is 5.91 Å². The van der Waals surface area contributed by atoms with Crippen LogP contribution in [0.2, 0.25) is 0 Å². The molecule has 2 aromatic carbocycles. The van der Waals surface area contributed by atoms with Crippen LogP contribution >= 0.6 is 0 Å². The van der Waals surface area contributed by atoms with Gasteiger partial charge >= 0.3 is 0 Å². The lowest BCUT2D eigenvalue weighted by Crippen LogP contribution is -2.38. The van der Waals surface area contributed by atoms with Gasteiger partial charge in [-0.15, -0.1) is 5.10 Å².